The molecule has 4 nitrogen and oxygen atoms in total. The second-order valence-corrected chi connectivity index (χ2v) is 7.38. The summed E-state index contributed by atoms with van der Waals surface area (Å²) in [6, 6.07) is 2.52. The van der Waals surface area contributed by atoms with Crippen LogP contribution >= 0.6 is 0 Å². The van der Waals surface area contributed by atoms with Crippen LogP contribution in [0, 0.1) is 11.3 Å². The summed E-state index contributed by atoms with van der Waals surface area (Å²) in [4.78, 5) is 2.30. The molecule has 0 amide bonds. The summed E-state index contributed by atoms with van der Waals surface area (Å²) in [5.41, 5.74) is 0. The molecule has 98 valence electrons. The lowest BCUT2D eigenvalue weighted by molar-refractivity contribution is 0.155. The van der Waals surface area contributed by atoms with Crippen molar-refractivity contribution in [1.82, 2.24) is 4.90 Å². The van der Waals surface area contributed by atoms with Gasteiger partial charge < -0.3 is 4.90 Å². The maximum Gasteiger partial charge on any atom is 0.166 e. The largest absolute Gasteiger partial charge is 0.300 e. The van der Waals surface area contributed by atoms with Crippen LogP contribution in [-0.4, -0.2) is 43.5 Å². The summed E-state index contributed by atoms with van der Waals surface area (Å²) in [6.45, 7) is 5.74. The van der Waals surface area contributed by atoms with Crippen molar-refractivity contribution in [3.05, 3.63) is 0 Å². The molecular formula is C12H22N2O2S. The summed E-state index contributed by atoms with van der Waals surface area (Å²) < 4.78 is 22.3. The Morgan fingerprint density at radius 1 is 1.41 bits per heavy atom. The molecule has 0 bridgehead atoms. The zero-order valence-corrected chi connectivity index (χ0v) is 11.8. The number of hydrogen-bond acceptors (Lipinski definition) is 4. The van der Waals surface area contributed by atoms with Crippen molar-refractivity contribution >= 4 is 9.84 Å². The lowest BCUT2D eigenvalue weighted by atomic mass is 9.95. The Balaban J connectivity index is 2.70. The number of sulfone groups is 1. The van der Waals surface area contributed by atoms with Crippen LogP contribution in [0.3, 0.4) is 0 Å². The molecule has 1 fully saturated rings. The van der Waals surface area contributed by atoms with Crippen molar-refractivity contribution in [3.63, 3.8) is 0 Å². The van der Waals surface area contributed by atoms with E-state index < -0.39 is 14.6 Å². The topological polar surface area (TPSA) is 61.2 Å². The predicted octanol–water partition coefficient (Wildman–Crippen LogP) is 1.58. The first-order valence-electron chi connectivity index (χ1n) is 6.21. The molecule has 1 aliphatic heterocycles. The van der Waals surface area contributed by atoms with Crippen LogP contribution in [0.25, 0.3) is 0 Å². The fourth-order valence-electron chi connectivity index (χ4n) is 2.49. The second-order valence-electron chi connectivity index (χ2n) is 5.05. The van der Waals surface area contributed by atoms with E-state index in [4.69, 9.17) is 5.26 Å². The van der Waals surface area contributed by atoms with E-state index in [1.807, 2.05) is 6.07 Å². The van der Waals surface area contributed by atoms with Crippen molar-refractivity contribution in [2.24, 2.45) is 0 Å². The first-order valence-corrected chi connectivity index (χ1v) is 8.10. The van der Waals surface area contributed by atoms with Gasteiger partial charge in [-0.15, -0.1) is 0 Å². The Labute approximate surface area is 105 Å². The normalized spacial score (nSPS) is 22.9. The number of likely N-dealkylation sites (tertiary alicyclic amines) is 1. The van der Waals surface area contributed by atoms with Crippen LogP contribution in [-0.2, 0) is 9.84 Å². The number of hydrogen-bond donors (Lipinski definition) is 0. The molecule has 0 saturated carbocycles. The van der Waals surface area contributed by atoms with E-state index >= 15 is 0 Å². The van der Waals surface area contributed by atoms with Gasteiger partial charge in [-0.2, -0.15) is 5.26 Å². The average Bonchev–Trinajstić information content (AvgIpc) is 2.28. The molecule has 0 radical (unpaired) electrons. The highest BCUT2D eigenvalue weighted by molar-refractivity contribution is 7.92. The Bertz CT molecular complexity index is 389. The third-order valence-corrected chi connectivity index (χ3v) is 5.77. The maximum absolute atomic E-state index is 11.7. The number of nitrogens with zero attached hydrogens (tertiary/aromatic N) is 2. The summed E-state index contributed by atoms with van der Waals surface area (Å²) in [5, 5.41) is 9.16. The average molecular weight is 258 g/mol. The molecule has 1 unspecified atom stereocenters. The minimum absolute atomic E-state index is 0.441. The lowest BCUT2D eigenvalue weighted by Gasteiger charge is -2.39. The molecule has 0 aliphatic carbocycles. The number of nitriles is 1. The van der Waals surface area contributed by atoms with E-state index in [0.29, 0.717) is 32.0 Å². The molecule has 0 aromatic heterocycles. The summed E-state index contributed by atoms with van der Waals surface area (Å²) in [6.07, 6.45) is 4.32. The number of piperidine rings is 1. The first-order chi connectivity index (χ1) is 7.86. The molecule has 17 heavy (non-hydrogen) atoms. The van der Waals surface area contributed by atoms with E-state index in [1.54, 1.807) is 0 Å². The Kier molecular flexibility index (Phi) is 4.56. The van der Waals surface area contributed by atoms with Gasteiger partial charge in [-0.25, -0.2) is 8.42 Å². The Hall–Kier alpha value is -0.600. The molecule has 0 aromatic carbocycles. The lowest BCUT2D eigenvalue weighted by Crippen LogP contribution is -2.50. The number of rotatable bonds is 4. The van der Waals surface area contributed by atoms with Crippen LogP contribution < -0.4 is 0 Å². The molecule has 0 N–H and O–H groups in total. The van der Waals surface area contributed by atoms with Crippen LogP contribution in [0.1, 0.15) is 39.5 Å². The van der Waals surface area contributed by atoms with Crippen molar-refractivity contribution in [3.8, 4) is 6.07 Å². The molecule has 5 heteroatoms. The van der Waals surface area contributed by atoms with E-state index in [0.717, 1.165) is 12.8 Å². The van der Waals surface area contributed by atoms with Gasteiger partial charge in [0.1, 0.15) is 0 Å². The monoisotopic (exact) mass is 258 g/mol. The SMILES string of the molecule is CCCC(C)N1CCC(C#N)(S(C)(=O)=O)CC1. The zero-order chi connectivity index (χ0) is 13.1. The first kappa shape index (κ1) is 14.5. The summed E-state index contributed by atoms with van der Waals surface area (Å²) in [5.74, 6) is 0. The van der Waals surface area contributed by atoms with Crippen LogP contribution in [0.2, 0.25) is 0 Å². The predicted molar refractivity (Wildman–Crippen MR) is 68.4 cm³/mol. The molecule has 1 aliphatic rings. The van der Waals surface area contributed by atoms with Gasteiger partial charge in [0.25, 0.3) is 0 Å². The van der Waals surface area contributed by atoms with Gasteiger partial charge in [0, 0.05) is 25.4 Å². The molecule has 0 aromatic rings. The minimum Gasteiger partial charge on any atom is -0.300 e. The van der Waals surface area contributed by atoms with Gasteiger partial charge in [-0.05, 0) is 26.2 Å². The van der Waals surface area contributed by atoms with Gasteiger partial charge in [0.2, 0.25) is 0 Å². The van der Waals surface area contributed by atoms with Crippen LogP contribution in [0.4, 0.5) is 0 Å². The second kappa shape index (κ2) is 5.36. The van der Waals surface area contributed by atoms with Crippen molar-refractivity contribution in [2.45, 2.75) is 50.3 Å². The molecule has 1 saturated heterocycles. The van der Waals surface area contributed by atoms with E-state index in [1.165, 1.54) is 6.26 Å². The smallest absolute Gasteiger partial charge is 0.166 e. The summed E-state index contributed by atoms with van der Waals surface area (Å²) >= 11 is 0. The minimum atomic E-state index is -3.29. The quantitative estimate of drug-likeness (QED) is 0.768. The van der Waals surface area contributed by atoms with E-state index in [9.17, 15) is 8.42 Å². The highest BCUT2D eigenvalue weighted by Crippen LogP contribution is 2.30. The Morgan fingerprint density at radius 2 is 1.94 bits per heavy atom. The Morgan fingerprint density at radius 3 is 2.29 bits per heavy atom. The third kappa shape index (κ3) is 2.99. The van der Waals surface area contributed by atoms with Crippen molar-refractivity contribution in [2.75, 3.05) is 19.3 Å². The molecular weight excluding hydrogens is 236 g/mol. The maximum atomic E-state index is 11.7. The van der Waals surface area contributed by atoms with Crippen molar-refractivity contribution < 1.29 is 8.42 Å². The standard InChI is InChI=1S/C12H22N2O2S/c1-4-5-11(2)14-8-6-12(10-13,7-9-14)17(3,15)16/h11H,4-9H2,1-3H3. The van der Waals surface area contributed by atoms with Gasteiger partial charge in [0.15, 0.2) is 14.6 Å². The van der Waals surface area contributed by atoms with Gasteiger partial charge in [-0.3, -0.25) is 0 Å². The van der Waals surface area contributed by atoms with E-state index in [-0.39, 0.29) is 0 Å². The molecule has 0 spiro atoms. The fraction of sp³-hybridized carbons (Fsp3) is 0.917. The fourth-order valence-corrected chi connectivity index (χ4v) is 3.58. The van der Waals surface area contributed by atoms with Crippen molar-refractivity contribution in [1.29, 1.82) is 5.26 Å². The summed E-state index contributed by atoms with van der Waals surface area (Å²) in [7, 11) is -3.29. The highest BCUT2D eigenvalue weighted by Gasteiger charge is 2.44. The molecule has 1 atom stereocenters. The van der Waals surface area contributed by atoms with Gasteiger partial charge >= 0.3 is 0 Å². The van der Waals surface area contributed by atoms with Crippen LogP contribution in [0.5, 0.6) is 0 Å². The van der Waals surface area contributed by atoms with Crippen LogP contribution in [0.15, 0.2) is 0 Å². The molecule has 1 rings (SSSR count). The van der Waals surface area contributed by atoms with Gasteiger partial charge in [0.05, 0.1) is 6.07 Å². The zero-order valence-electron chi connectivity index (χ0n) is 10.9. The van der Waals surface area contributed by atoms with Gasteiger partial charge in [-0.1, -0.05) is 13.3 Å². The highest BCUT2D eigenvalue weighted by atomic mass is 32.2. The third-order valence-electron chi connectivity index (χ3n) is 3.85. The molecule has 1 heterocycles. The van der Waals surface area contributed by atoms with E-state index in [2.05, 4.69) is 18.7 Å².